The van der Waals surface area contributed by atoms with Crippen LogP contribution >= 0.6 is 0 Å². The van der Waals surface area contributed by atoms with E-state index in [2.05, 4.69) is 5.32 Å². The average Bonchev–Trinajstić information content (AvgIpc) is 2.75. The molecule has 0 saturated carbocycles. The molecule has 0 bridgehead atoms. The number of aliphatic hydroxyl groups excluding tert-OH is 1. The highest BCUT2D eigenvalue weighted by atomic mass is 16.3. The zero-order valence-corrected chi connectivity index (χ0v) is 13.5. The quantitative estimate of drug-likeness (QED) is 0.725. The van der Waals surface area contributed by atoms with Crippen molar-refractivity contribution < 1.29 is 15.0 Å². The van der Waals surface area contributed by atoms with E-state index in [0.717, 1.165) is 24.0 Å². The van der Waals surface area contributed by atoms with Gasteiger partial charge < -0.3 is 15.5 Å². The molecule has 22 heavy (non-hydrogen) atoms. The normalized spacial score (nSPS) is 20.7. The zero-order chi connectivity index (χ0) is 16.2. The van der Waals surface area contributed by atoms with E-state index in [4.69, 9.17) is 0 Å². The Hall–Kier alpha value is -1.39. The van der Waals surface area contributed by atoms with Gasteiger partial charge >= 0.3 is 0 Å². The number of carbonyl (C=O) groups is 1. The first-order chi connectivity index (χ1) is 10.5. The van der Waals surface area contributed by atoms with Gasteiger partial charge in [0, 0.05) is 6.42 Å². The summed E-state index contributed by atoms with van der Waals surface area (Å²) in [6, 6.07) is 7.42. The third kappa shape index (κ3) is 3.87. The molecule has 2 rings (SSSR count). The average molecular weight is 305 g/mol. The maximum Gasteiger partial charge on any atom is 0.223 e. The summed E-state index contributed by atoms with van der Waals surface area (Å²) in [5.41, 5.74) is 1.13. The molecule has 4 nitrogen and oxygen atoms in total. The van der Waals surface area contributed by atoms with Gasteiger partial charge in [0.25, 0.3) is 0 Å². The SMILES string of the molecule is CCCC(O)(CCC)CC(=O)NC1c2ccccc2CC1O. The third-order valence-corrected chi connectivity index (χ3v) is 4.44. The van der Waals surface area contributed by atoms with Gasteiger partial charge in [-0.3, -0.25) is 4.79 Å². The van der Waals surface area contributed by atoms with Crippen LogP contribution in [-0.4, -0.2) is 27.8 Å². The Morgan fingerprint density at radius 1 is 1.27 bits per heavy atom. The van der Waals surface area contributed by atoms with Crippen molar-refractivity contribution in [3.8, 4) is 0 Å². The molecule has 0 spiro atoms. The minimum Gasteiger partial charge on any atom is -0.390 e. The summed E-state index contributed by atoms with van der Waals surface area (Å²) in [7, 11) is 0. The predicted molar refractivity (Wildman–Crippen MR) is 86.4 cm³/mol. The number of aliphatic hydroxyl groups is 2. The number of benzene rings is 1. The van der Waals surface area contributed by atoms with Crippen molar-refractivity contribution in [3.63, 3.8) is 0 Å². The van der Waals surface area contributed by atoms with Crippen molar-refractivity contribution in [1.82, 2.24) is 5.32 Å². The van der Waals surface area contributed by atoms with Crippen LogP contribution in [0.25, 0.3) is 0 Å². The van der Waals surface area contributed by atoms with Crippen LogP contribution in [0.5, 0.6) is 0 Å². The lowest BCUT2D eigenvalue weighted by molar-refractivity contribution is -0.128. The fourth-order valence-electron chi connectivity index (χ4n) is 3.50. The highest BCUT2D eigenvalue weighted by Gasteiger charge is 2.34. The van der Waals surface area contributed by atoms with E-state index in [1.165, 1.54) is 0 Å². The molecular weight excluding hydrogens is 278 g/mol. The van der Waals surface area contributed by atoms with Crippen molar-refractivity contribution in [2.24, 2.45) is 0 Å². The Morgan fingerprint density at radius 3 is 2.55 bits per heavy atom. The summed E-state index contributed by atoms with van der Waals surface area (Å²) < 4.78 is 0. The first kappa shape index (κ1) is 17.0. The summed E-state index contributed by atoms with van der Waals surface area (Å²) in [5.74, 6) is -0.190. The molecule has 1 aromatic carbocycles. The molecule has 1 aliphatic carbocycles. The van der Waals surface area contributed by atoms with E-state index in [0.29, 0.717) is 19.3 Å². The van der Waals surface area contributed by atoms with E-state index in [9.17, 15) is 15.0 Å². The number of hydrogen-bond donors (Lipinski definition) is 3. The highest BCUT2D eigenvalue weighted by Crippen LogP contribution is 2.32. The van der Waals surface area contributed by atoms with E-state index < -0.39 is 11.7 Å². The van der Waals surface area contributed by atoms with Crippen molar-refractivity contribution in [2.45, 2.75) is 70.1 Å². The van der Waals surface area contributed by atoms with Crippen LogP contribution in [0.1, 0.15) is 63.1 Å². The lowest BCUT2D eigenvalue weighted by Crippen LogP contribution is -2.40. The van der Waals surface area contributed by atoms with Crippen LogP contribution in [-0.2, 0) is 11.2 Å². The smallest absolute Gasteiger partial charge is 0.223 e. The summed E-state index contributed by atoms with van der Waals surface area (Å²) >= 11 is 0. The van der Waals surface area contributed by atoms with Gasteiger partial charge in [-0.1, -0.05) is 51.0 Å². The number of rotatable bonds is 7. The van der Waals surface area contributed by atoms with Gasteiger partial charge in [0.2, 0.25) is 5.91 Å². The van der Waals surface area contributed by atoms with Crippen molar-refractivity contribution in [2.75, 3.05) is 0 Å². The Bertz CT molecular complexity index is 509. The van der Waals surface area contributed by atoms with Gasteiger partial charge in [-0.05, 0) is 24.0 Å². The Labute approximate surface area is 132 Å². The maximum atomic E-state index is 12.3. The second kappa shape index (κ2) is 7.25. The molecule has 0 fully saturated rings. The molecule has 2 unspecified atom stereocenters. The second-order valence-electron chi connectivity index (χ2n) is 6.42. The van der Waals surface area contributed by atoms with Gasteiger partial charge in [0.15, 0.2) is 0 Å². The molecule has 1 amide bonds. The minimum absolute atomic E-state index is 0.0973. The molecule has 0 saturated heterocycles. The van der Waals surface area contributed by atoms with Gasteiger partial charge in [-0.25, -0.2) is 0 Å². The van der Waals surface area contributed by atoms with Crippen molar-refractivity contribution in [3.05, 3.63) is 35.4 Å². The molecule has 122 valence electrons. The van der Waals surface area contributed by atoms with Crippen LogP contribution in [0.15, 0.2) is 24.3 Å². The summed E-state index contributed by atoms with van der Waals surface area (Å²) in [4.78, 5) is 12.3. The fraction of sp³-hybridized carbons (Fsp3) is 0.611. The first-order valence-corrected chi connectivity index (χ1v) is 8.26. The lowest BCUT2D eigenvalue weighted by atomic mass is 9.89. The van der Waals surface area contributed by atoms with Crippen LogP contribution in [0.3, 0.4) is 0 Å². The largest absolute Gasteiger partial charge is 0.390 e. The minimum atomic E-state index is -0.934. The van der Waals surface area contributed by atoms with Crippen LogP contribution in [0, 0.1) is 0 Å². The summed E-state index contributed by atoms with van der Waals surface area (Å²) in [6.45, 7) is 4.02. The first-order valence-electron chi connectivity index (χ1n) is 8.26. The highest BCUT2D eigenvalue weighted by molar-refractivity contribution is 5.78. The van der Waals surface area contributed by atoms with Gasteiger partial charge in [-0.2, -0.15) is 0 Å². The van der Waals surface area contributed by atoms with Crippen LogP contribution < -0.4 is 5.32 Å². The monoisotopic (exact) mass is 305 g/mol. The Morgan fingerprint density at radius 2 is 1.91 bits per heavy atom. The third-order valence-electron chi connectivity index (χ3n) is 4.44. The number of fused-ring (bicyclic) bond motifs is 1. The van der Waals surface area contributed by atoms with Crippen molar-refractivity contribution >= 4 is 5.91 Å². The van der Waals surface area contributed by atoms with Gasteiger partial charge in [0.05, 0.1) is 24.2 Å². The summed E-state index contributed by atoms with van der Waals surface area (Å²) in [6.07, 6.45) is 3.01. The second-order valence-corrected chi connectivity index (χ2v) is 6.42. The zero-order valence-electron chi connectivity index (χ0n) is 13.5. The number of nitrogens with one attached hydrogen (secondary N) is 1. The Kier molecular flexibility index (Phi) is 5.59. The molecule has 4 heteroatoms. The topological polar surface area (TPSA) is 69.6 Å². The number of carbonyl (C=O) groups excluding carboxylic acids is 1. The van der Waals surface area contributed by atoms with Crippen molar-refractivity contribution in [1.29, 1.82) is 0 Å². The molecule has 1 aliphatic rings. The van der Waals surface area contributed by atoms with Crippen LogP contribution in [0.4, 0.5) is 0 Å². The van der Waals surface area contributed by atoms with Crippen LogP contribution in [0.2, 0.25) is 0 Å². The maximum absolute atomic E-state index is 12.3. The molecular formula is C18H27NO3. The van der Waals surface area contributed by atoms with Gasteiger partial charge in [0.1, 0.15) is 0 Å². The molecule has 1 aromatic rings. The van der Waals surface area contributed by atoms with E-state index >= 15 is 0 Å². The van der Waals surface area contributed by atoms with E-state index in [-0.39, 0.29) is 18.4 Å². The number of amides is 1. The Balaban J connectivity index is 2.03. The summed E-state index contributed by atoms with van der Waals surface area (Å²) in [5, 5.41) is 23.7. The molecule has 2 atom stereocenters. The molecule has 0 aromatic heterocycles. The fourth-order valence-corrected chi connectivity index (χ4v) is 3.50. The molecule has 0 radical (unpaired) electrons. The predicted octanol–water partition coefficient (Wildman–Crippen LogP) is 2.48. The molecule has 0 aliphatic heterocycles. The van der Waals surface area contributed by atoms with Gasteiger partial charge in [-0.15, -0.1) is 0 Å². The molecule has 3 N–H and O–H groups in total. The van der Waals surface area contributed by atoms with E-state index in [1.807, 2.05) is 38.1 Å². The standard InChI is InChI=1S/C18H27NO3/c1-3-9-18(22,10-4-2)12-16(21)19-17-14-8-6-5-7-13(14)11-15(17)20/h5-8,15,17,20,22H,3-4,9-12H2,1-2H3,(H,19,21). The lowest BCUT2D eigenvalue weighted by Gasteiger charge is -2.28. The van der Waals surface area contributed by atoms with E-state index in [1.54, 1.807) is 0 Å². The number of hydrogen-bond acceptors (Lipinski definition) is 3. The molecule has 0 heterocycles.